The molecule has 0 unspecified atom stereocenters. The Labute approximate surface area is 109 Å². The van der Waals surface area contributed by atoms with Gasteiger partial charge in [0.15, 0.2) is 0 Å². The number of nitrogens with one attached hydrogen (secondary N) is 1. The molecular formula is C14H22N2O2. The Balaban J connectivity index is 2.31. The van der Waals surface area contributed by atoms with Crippen molar-refractivity contribution in [3.8, 4) is 0 Å². The van der Waals surface area contributed by atoms with Crippen LogP contribution in [0.2, 0.25) is 0 Å². The van der Waals surface area contributed by atoms with E-state index in [4.69, 9.17) is 10.5 Å². The van der Waals surface area contributed by atoms with E-state index in [1.807, 2.05) is 19.1 Å². The number of hydrogen-bond donors (Lipinski definition) is 2. The van der Waals surface area contributed by atoms with E-state index in [2.05, 4.69) is 12.2 Å². The third kappa shape index (κ3) is 5.19. The molecule has 0 atom stereocenters. The molecule has 3 N–H and O–H groups in total. The van der Waals surface area contributed by atoms with Crippen LogP contribution in [0.5, 0.6) is 0 Å². The van der Waals surface area contributed by atoms with Crippen LogP contribution >= 0.6 is 0 Å². The zero-order valence-electron chi connectivity index (χ0n) is 11.2. The molecule has 0 heterocycles. The molecule has 4 nitrogen and oxygen atoms in total. The first-order valence-corrected chi connectivity index (χ1v) is 6.37. The highest BCUT2D eigenvalue weighted by Gasteiger charge is 2.04. The van der Waals surface area contributed by atoms with Crippen LogP contribution in [0.15, 0.2) is 18.2 Å². The third-order valence-electron chi connectivity index (χ3n) is 2.64. The monoisotopic (exact) mass is 250 g/mol. The van der Waals surface area contributed by atoms with E-state index in [-0.39, 0.29) is 5.91 Å². The van der Waals surface area contributed by atoms with Crippen LogP contribution in [0.25, 0.3) is 0 Å². The first-order chi connectivity index (χ1) is 8.63. The molecule has 100 valence electrons. The summed E-state index contributed by atoms with van der Waals surface area (Å²) in [5.41, 5.74) is 8.13. The van der Waals surface area contributed by atoms with Gasteiger partial charge in [0.05, 0.1) is 13.0 Å². The predicted octanol–water partition coefficient (Wildman–Crippen LogP) is 2.72. The van der Waals surface area contributed by atoms with Gasteiger partial charge in [-0.3, -0.25) is 4.79 Å². The summed E-state index contributed by atoms with van der Waals surface area (Å²) in [4.78, 5) is 11.7. The molecule has 0 aliphatic rings. The van der Waals surface area contributed by atoms with E-state index in [0.717, 1.165) is 30.7 Å². The molecular weight excluding hydrogens is 228 g/mol. The summed E-state index contributed by atoms with van der Waals surface area (Å²) < 4.78 is 5.35. The molecule has 1 amide bonds. The van der Waals surface area contributed by atoms with Gasteiger partial charge in [-0.25, -0.2) is 0 Å². The predicted molar refractivity (Wildman–Crippen MR) is 74.6 cm³/mol. The SMILES string of the molecule is CCCCOCCC(=O)Nc1ccc(N)cc1C. The van der Waals surface area contributed by atoms with E-state index < -0.39 is 0 Å². The van der Waals surface area contributed by atoms with Crippen molar-refractivity contribution in [3.63, 3.8) is 0 Å². The van der Waals surface area contributed by atoms with Gasteiger partial charge < -0.3 is 15.8 Å². The fourth-order valence-corrected chi connectivity index (χ4v) is 1.55. The van der Waals surface area contributed by atoms with E-state index in [1.54, 1.807) is 6.07 Å². The quantitative estimate of drug-likeness (QED) is 0.577. The summed E-state index contributed by atoms with van der Waals surface area (Å²) >= 11 is 0. The maximum atomic E-state index is 11.7. The Morgan fingerprint density at radius 2 is 2.17 bits per heavy atom. The smallest absolute Gasteiger partial charge is 0.226 e. The molecule has 18 heavy (non-hydrogen) atoms. The second kappa shape index (κ2) is 7.71. The Morgan fingerprint density at radius 1 is 1.39 bits per heavy atom. The van der Waals surface area contributed by atoms with Crippen LogP contribution in [0.1, 0.15) is 31.7 Å². The molecule has 0 aliphatic heterocycles. The van der Waals surface area contributed by atoms with Crippen molar-refractivity contribution in [2.45, 2.75) is 33.1 Å². The van der Waals surface area contributed by atoms with Crippen molar-refractivity contribution < 1.29 is 9.53 Å². The summed E-state index contributed by atoms with van der Waals surface area (Å²) in [6.45, 7) is 5.23. The highest BCUT2D eigenvalue weighted by atomic mass is 16.5. The van der Waals surface area contributed by atoms with Crippen molar-refractivity contribution in [3.05, 3.63) is 23.8 Å². The van der Waals surface area contributed by atoms with Gasteiger partial charge in [0, 0.05) is 18.0 Å². The fraction of sp³-hybridized carbons (Fsp3) is 0.500. The van der Waals surface area contributed by atoms with Crippen LogP contribution in [0.4, 0.5) is 11.4 Å². The molecule has 0 aromatic heterocycles. The van der Waals surface area contributed by atoms with Crippen LogP contribution in [0, 0.1) is 6.92 Å². The van der Waals surface area contributed by atoms with Crippen LogP contribution < -0.4 is 11.1 Å². The molecule has 1 aromatic rings. The number of rotatable bonds is 7. The number of carbonyl (C=O) groups is 1. The molecule has 0 saturated carbocycles. The Morgan fingerprint density at radius 3 is 2.83 bits per heavy atom. The maximum Gasteiger partial charge on any atom is 0.226 e. The van der Waals surface area contributed by atoms with E-state index in [9.17, 15) is 4.79 Å². The summed E-state index contributed by atoms with van der Waals surface area (Å²) in [5.74, 6) is -0.0284. The summed E-state index contributed by atoms with van der Waals surface area (Å²) in [6, 6.07) is 5.44. The van der Waals surface area contributed by atoms with Crippen molar-refractivity contribution in [1.82, 2.24) is 0 Å². The van der Waals surface area contributed by atoms with Gasteiger partial charge in [-0.1, -0.05) is 13.3 Å². The lowest BCUT2D eigenvalue weighted by Crippen LogP contribution is -2.15. The highest BCUT2D eigenvalue weighted by molar-refractivity contribution is 5.91. The van der Waals surface area contributed by atoms with E-state index in [0.29, 0.717) is 18.7 Å². The van der Waals surface area contributed by atoms with Crippen LogP contribution in [-0.2, 0) is 9.53 Å². The van der Waals surface area contributed by atoms with Crippen LogP contribution in [-0.4, -0.2) is 19.1 Å². The van der Waals surface area contributed by atoms with Crippen molar-refractivity contribution in [2.75, 3.05) is 24.3 Å². The minimum absolute atomic E-state index is 0.0284. The second-order valence-corrected chi connectivity index (χ2v) is 4.34. The topological polar surface area (TPSA) is 64.3 Å². The fourth-order valence-electron chi connectivity index (χ4n) is 1.55. The summed E-state index contributed by atoms with van der Waals surface area (Å²) in [5, 5.41) is 2.85. The normalized spacial score (nSPS) is 10.3. The maximum absolute atomic E-state index is 11.7. The lowest BCUT2D eigenvalue weighted by molar-refractivity contribution is -0.117. The van der Waals surface area contributed by atoms with Gasteiger partial charge >= 0.3 is 0 Å². The second-order valence-electron chi connectivity index (χ2n) is 4.34. The van der Waals surface area contributed by atoms with Gasteiger partial charge in [0.25, 0.3) is 0 Å². The van der Waals surface area contributed by atoms with Crippen molar-refractivity contribution in [2.24, 2.45) is 0 Å². The number of amides is 1. The molecule has 0 aliphatic carbocycles. The molecule has 1 rings (SSSR count). The van der Waals surface area contributed by atoms with Gasteiger partial charge in [0.2, 0.25) is 5.91 Å². The molecule has 0 bridgehead atoms. The van der Waals surface area contributed by atoms with Gasteiger partial charge in [0.1, 0.15) is 0 Å². The Kier molecular flexibility index (Phi) is 6.22. The average Bonchev–Trinajstić information content (AvgIpc) is 2.32. The van der Waals surface area contributed by atoms with Crippen molar-refractivity contribution >= 4 is 17.3 Å². The lowest BCUT2D eigenvalue weighted by Gasteiger charge is -2.09. The van der Waals surface area contributed by atoms with Gasteiger partial charge in [-0.05, 0) is 37.1 Å². The highest BCUT2D eigenvalue weighted by Crippen LogP contribution is 2.17. The molecule has 0 saturated heterocycles. The number of carbonyl (C=O) groups excluding carboxylic acids is 1. The largest absolute Gasteiger partial charge is 0.399 e. The van der Waals surface area contributed by atoms with E-state index in [1.165, 1.54) is 0 Å². The number of aryl methyl sites for hydroxylation is 1. The van der Waals surface area contributed by atoms with Crippen LogP contribution in [0.3, 0.4) is 0 Å². The van der Waals surface area contributed by atoms with E-state index >= 15 is 0 Å². The molecule has 0 spiro atoms. The number of anilines is 2. The summed E-state index contributed by atoms with van der Waals surface area (Å²) in [7, 11) is 0. The zero-order chi connectivity index (χ0) is 13.4. The minimum Gasteiger partial charge on any atom is -0.399 e. The number of nitrogens with two attached hydrogens (primary N) is 1. The molecule has 0 radical (unpaired) electrons. The van der Waals surface area contributed by atoms with Gasteiger partial charge in [-0.2, -0.15) is 0 Å². The zero-order valence-corrected chi connectivity index (χ0v) is 11.2. The molecule has 1 aromatic carbocycles. The Hall–Kier alpha value is -1.55. The number of ether oxygens (including phenoxy) is 1. The number of nitrogen functional groups attached to an aromatic ring is 1. The molecule has 4 heteroatoms. The number of benzene rings is 1. The third-order valence-corrected chi connectivity index (χ3v) is 2.64. The first-order valence-electron chi connectivity index (χ1n) is 6.37. The standard InChI is InChI=1S/C14H22N2O2/c1-3-4-8-18-9-7-14(17)16-13-6-5-12(15)10-11(13)2/h5-6,10H,3-4,7-9,15H2,1-2H3,(H,16,17). The average molecular weight is 250 g/mol. The lowest BCUT2D eigenvalue weighted by atomic mass is 10.2. The summed E-state index contributed by atoms with van der Waals surface area (Å²) in [6.07, 6.45) is 2.53. The number of unbranched alkanes of at least 4 members (excludes halogenated alkanes) is 1. The van der Waals surface area contributed by atoms with Crippen molar-refractivity contribution in [1.29, 1.82) is 0 Å². The minimum atomic E-state index is -0.0284. The Bertz CT molecular complexity index is 391. The first kappa shape index (κ1) is 14.5. The molecule has 0 fully saturated rings. The number of hydrogen-bond acceptors (Lipinski definition) is 3. The van der Waals surface area contributed by atoms with Gasteiger partial charge in [-0.15, -0.1) is 0 Å².